The van der Waals surface area contributed by atoms with E-state index >= 15 is 0 Å². The number of carbonyl (C=O) groups excluding carboxylic acids is 2. The number of methoxy groups -OCH3 is 1. The van der Waals surface area contributed by atoms with Crippen LogP contribution in [-0.4, -0.2) is 65.2 Å². The molecule has 0 saturated carbocycles. The molecule has 2 aromatic rings. The summed E-state index contributed by atoms with van der Waals surface area (Å²) in [5.41, 5.74) is 0.310. The fraction of sp³-hybridized carbons (Fsp3) is 0.273. The molecule has 0 aliphatic carbocycles. The Bertz CT molecular complexity index is 1050. The van der Waals surface area contributed by atoms with Crippen molar-refractivity contribution in [2.45, 2.75) is 6.04 Å². The number of likely N-dealkylation sites (tertiary alicyclic amines) is 1. The minimum atomic E-state index is -0.959. The molecule has 3 rings (SSSR count). The van der Waals surface area contributed by atoms with Crippen LogP contribution >= 0.6 is 0 Å². The number of non-ortho nitro benzene ring substituents is 1. The smallest absolute Gasteiger partial charge is 0.295 e. The number of benzene rings is 2. The summed E-state index contributed by atoms with van der Waals surface area (Å²) in [5, 5.41) is 30.8. The predicted octanol–water partition coefficient (Wildman–Crippen LogP) is 2.03. The molecule has 32 heavy (non-hydrogen) atoms. The van der Waals surface area contributed by atoms with Crippen LogP contribution in [0.2, 0.25) is 0 Å². The number of nitro benzene ring substituents is 1. The third-order valence-corrected chi connectivity index (χ3v) is 5.04. The van der Waals surface area contributed by atoms with Crippen molar-refractivity contribution in [2.24, 2.45) is 0 Å². The van der Waals surface area contributed by atoms with Gasteiger partial charge in [-0.1, -0.05) is 18.2 Å². The van der Waals surface area contributed by atoms with E-state index in [9.17, 15) is 24.8 Å². The van der Waals surface area contributed by atoms with Crippen molar-refractivity contribution in [1.82, 2.24) is 4.90 Å². The van der Waals surface area contributed by atoms with Crippen LogP contribution in [0.25, 0.3) is 5.76 Å². The Balaban J connectivity index is 2.10. The third-order valence-electron chi connectivity index (χ3n) is 5.04. The van der Waals surface area contributed by atoms with E-state index in [1.807, 2.05) is 0 Å². The van der Waals surface area contributed by atoms with Gasteiger partial charge in [-0.15, -0.1) is 0 Å². The summed E-state index contributed by atoms with van der Waals surface area (Å²) in [6.07, 6.45) is 0. The van der Waals surface area contributed by atoms with Gasteiger partial charge in [0.1, 0.15) is 11.5 Å². The van der Waals surface area contributed by atoms with Gasteiger partial charge in [0.25, 0.3) is 17.4 Å². The first-order chi connectivity index (χ1) is 15.4. The van der Waals surface area contributed by atoms with E-state index < -0.39 is 28.4 Å². The van der Waals surface area contributed by atoms with E-state index in [0.717, 1.165) is 0 Å². The van der Waals surface area contributed by atoms with Gasteiger partial charge in [0.05, 0.1) is 43.5 Å². The normalized spacial score (nSPS) is 17.6. The summed E-state index contributed by atoms with van der Waals surface area (Å²) in [6.45, 7) is -0.0118. The lowest BCUT2D eigenvalue weighted by Crippen LogP contribution is -2.33. The molecule has 1 fully saturated rings. The number of nitrogens with zero attached hydrogens (tertiary/aromatic N) is 2. The first kappa shape index (κ1) is 22.9. The maximum Gasteiger partial charge on any atom is 0.295 e. The molecule has 2 aromatic carbocycles. The minimum Gasteiger partial charge on any atom is -0.507 e. The summed E-state index contributed by atoms with van der Waals surface area (Å²) >= 11 is 0. The van der Waals surface area contributed by atoms with Crippen molar-refractivity contribution in [2.75, 3.05) is 33.5 Å². The van der Waals surface area contributed by atoms with Gasteiger partial charge in [0.15, 0.2) is 0 Å². The zero-order chi connectivity index (χ0) is 23.3. The molecule has 1 aliphatic heterocycles. The molecule has 10 heteroatoms. The number of hydrogen-bond donors (Lipinski definition) is 2. The van der Waals surface area contributed by atoms with Crippen LogP contribution in [0.4, 0.5) is 5.69 Å². The van der Waals surface area contributed by atoms with Gasteiger partial charge in [-0.25, -0.2) is 0 Å². The van der Waals surface area contributed by atoms with Gasteiger partial charge >= 0.3 is 0 Å². The fourth-order valence-electron chi connectivity index (χ4n) is 3.55. The van der Waals surface area contributed by atoms with Crippen LogP contribution in [0.1, 0.15) is 17.2 Å². The number of Topliss-reactive ketones (excluding diaryl/α,β-unsaturated/α-hetero) is 1. The van der Waals surface area contributed by atoms with Gasteiger partial charge < -0.3 is 24.6 Å². The van der Waals surface area contributed by atoms with Crippen molar-refractivity contribution in [3.63, 3.8) is 0 Å². The summed E-state index contributed by atoms with van der Waals surface area (Å²) in [7, 11) is 1.45. The quantitative estimate of drug-likeness (QED) is 0.150. The van der Waals surface area contributed by atoms with Crippen LogP contribution in [0.3, 0.4) is 0 Å². The number of ether oxygens (including phenoxy) is 2. The third kappa shape index (κ3) is 4.46. The van der Waals surface area contributed by atoms with Gasteiger partial charge in [-0.2, -0.15) is 0 Å². The van der Waals surface area contributed by atoms with E-state index in [1.165, 1.54) is 36.3 Å². The molecular formula is C22H22N2O8. The molecule has 0 bridgehead atoms. The number of ketones is 1. The van der Waals surface area contributed by atoms with Crippen LogP contribution in [0.5, 0.6) is 5.75 Å². The Morgan fingerprint density at radius 3 is 2.44 bits per heavy atom. The Hall–Kier alpha value is -3.76. The highest BCUT2D eigenvalue weighted by Crippen LogP contribution is 2.42. The van der Waals surface area contributed by atoms with Crippen LogP contribution < -0.4 is 4.74 Å². The molecule has 1 heterocycles. The van der Waals surface area contributed by atoms with Crippen molar-refractivity contribution in [1.29, 1.82) is 0 Å². The fourth-order valence-corrected chi connectivity index (χ4v) is 3.55. The molecule has 1 aliphatic rings. The number of nitro groups is 1. The van der Waals surface area contributed by atoms with Crippen molar-refractivity contribution >= 4 is 23.1 Å². The molecule has 168 valence electrons. The summed E-state index contributed by atoms with van der Waals surface area (Å²) in [4.78, 5) is 37.4. The summed E-state index contributed by atoms with van der Waals surface area (Å²) in [6, 6.07) is 10.9. The highest BCUT2D eigenvalue weighted by atomic mass is 16.6. The molecule has 1 saturated heterocycles. The Labute approximate surface area is 183 Å². The zero-order valence-corrected chi connectivity index (χ0v) is 17.3. The average molecular weight is 442 g/mol. The van der Waals surface area contributed by atoms with Gasteiger partial charge in [0, 0.05) is 29.8 Å². The maximum absolute atomic E-state index is 12.9. The topological polar surface area (TPSA) is 139 Å². The number of amides is 1. The van der Waals surface area contributed by atoms with Crippen molar-refractivity contribution in [3.05, 3.63) is 75.3 Å². The molecule has 0 radical (unpaired) electrons. The van der Waals surface area contributed by atoms with E-state index in [1.54, 1.807) is 24.3 Å². The van der Waals surface area contributed by atoms with Gasteiger partial charge in [-0.05, 0) is 18.2 Å². The second kappa shape index (κ2) is 10.0. The summed E-state index contributed by atoms with van der Waals surface area (Å²) < 4.78 is 10.7. The lowest BCUT2D eigenvalue weighted by atomic mass is 9.94. The SMILES string of the molecule is COc1ccccc1[C@H]1C(=C(O)c2ccc([N+](=O)[O-])cc2)C(=O)C(=O)N1CCOCCO. The van der Waals surface area contributed by atoms with Crippen LogP contribution in [0, 0.1) is 10.1 Å². The number of hydrogen-bond acceptors (Lipinski definition) is 8. The number of aliphatic hydroxyl groups is 2. The van der Waals surface area contributed by atoms with E-state index in [4.69, 9.17) is 14.6 Å². The number of carbonyl (C=O) groups is 2. The maximum atomic E-state index is 12.9. The summed E-state index contributed by atoms with van der Waals surface area (Å²) in [5.74, 6) is -1.75. The van der Waals surface area contributed by atoms with E-state index in [2.05, 4.69) is 0 Å². The van der Waals surface area contributed by atoms with Crippen LogP contribution in [0.15, 0.2) is 54.1 Å². The Morgan fingerprint density at radius 1 is 1.12 bits per heavy atom. The highest BCUT2D eigenvalue weighted by Gasteiger charge is 2.46. The first-order valence-electron chi connectivity index (χ1n) is 9.75. The molecule has 0 spiro atoms. The number of rotatable bonds is 9. The molecule has 0 aromatic heterocycles. The monoisotopic (exact) mass is 442 g/mol. The predicted molar refractivity (Wildman–Crippen MR) is 113 cm³/mol. The van der Waals surface area contributed by atoms with Crippen molar-refractivity contribution in [3.8, 4) is 5.75 Å². The van der Waals surface area contributed by atoms with E-state index in [-0.39, 0.29) is 43.2 Å². The second-order valence-corrected chi connectivity index (χ2v) is 6.87. The minimum absolute atomic E-state index is 0.0321. The standard InChI is InChI=1S/C22H22N2O8/c1-31-17-5-3-2-4-16(17)19-18(20(26)14-6-8-15(9-7-14)24(29)30)21(27)22(28)23(19)10-12-32-13-11-25/h2-9,19,25-26H,10-13H2,1H3/t19-/m0/s1. The largest absolute Gasteiger partial charge is 0.507 e. The highest BCUT2D eigenvalue weighted by molar-refractivity contribution is 6.46. The molecule has 10 nitrogen and oxygen atoms in total. The molecule has 1 atom stereocenters. The van der Waals surface area contributed by atoms with Gasteiger partial charge in [-0.3, -0.25) is 19.7 Å². The molecule has 2 N–H and O–H groups in total. The zero-order valence-electron chi connectivity index (χ0n) is 17.3. The van der Waals surface area contributed by atoms with Crippen LogP contribution in [-0.2, 0) is 14.3 Å². The number of para-hydroxylation sites is 1. The average Bonchev–Trinajstić information content (AvgIpc) is 3.06. The lowest BCUT2D eigenvalue weighted by molar-refractivity contribution is -0.384. The first-order valence-corrected chi connectivity index (χ1v) is 9.75. The molecule has 0 unspecified atom stereocenters. The Morgan fingerprint density at radius 2 is 1.81 bits per heavy atom. The van der Waals surface area contributed by atoms with E-state index in [0.29, 0.717) is 11.3 Å². The Kier molecular flexibility index (Phi) is 7.18. The lowest BCUT2D eigenvalue weighted by Gasteiger charge is -2.26. The second-order valence-electron chi connectivity index (χ2n) is 6.87. The van der Waals surface area contributed by atoms with Gasteiger partial charge in [0.2, 0.25) is 0 Å². The van der Waals surface area contributed by atoms with Crippen molar-refractivity contribution < 1.29 is 34.2 Å². The molecule has 1 amide bonds. The number of aliphatic hydroxyl groups excluding tert-OH is 2. The molecular weight excluding hydrogens is 420 g/mol.